The molecule has 1 heterocycles. The van der Waals surface area contributed by atoms with E-state index in [1.54, 1.807) is 17.8 Å². The first-order chi connectivity index (χ1) is 13.5. The molecule has 0 spiro atoms. The minimum atomic E-state index is -1.05. The monoisotopic (exact) mass is 387 g/mol. The summed E-state index contributed by atoms with van der Waals surface area (Å²) in [5.41, 5.74) is 0.898. The number of ether oxygens (including phenoxy) is 1. The first-order valence-electron chi connectivity index (χ1n) is 9.86. The number of aliphatic imine (C=N–C) groups is 1. The average molecular weight is 388 g/mol. The van der Waals surface area contributed by atoms with Crippen molar-refractivity contribution in [3.63, 3.8) is 0 Å². The Morgan fingerprint density at radius 3 is 2.71 bits per heavy atom. The molecule has 0 bridgehead atoms. The van der Waals surface area contributed by atoms with E-state index in [4.69, 9.17) is 4.74 Å². The molecule has 1 aromatic carbocycles. The highest BCUT2D eigenvalue weighted by Gasteiger charge is 2.24. The minimum absolute atomic E-state index is 0.258. The molecule has 7 nitrogen and oxygen atoms in total. The molecule has 0 saturated carbocycles. The smallest absolute Gasteiger partial charge is 0.191 e. The summed E-state index contributed by atoms with van der Waals surface area (Å²) in [5, 5.41) is 21.3. The van der Waals surface area contributed by atoms with E-state index in [1.807, 2.05) is 38.4 Å². The number of hydrogen-bond donors (Lipinski definition) is 3. The van der Waals surface area contributed by atoms with Crippen LogP contribution >= 0.6 is 0 Å². The molecule has 7 heteroatoms. The molecule has 3 N–H and O–H groups in total. The molecular weight excluding hydrogens is 354 g/mol. The van der Waals surface area contributed by atoms with E-state index in [0.29, 0.717) is 12.6 Å². The normalized spacial score (nSPS) is 13.9. The summed E-state index contributed by atoms with van der Waals surface area (Å²) in [6.45, 7) is 6.99. The zero-order valence-corrected chi connectivity index (χ0v) is 17.2. The van der Waals surface area contributed by atoms with E-state index in [0.717, 1.165) is 38.1 Å². The number of nitrogens with zero attached hydrogens (tertiary/aromatic N) is 3. The summed E-state index contributed by atoms with van der Waals surface area (Å²) < 4.78 is 7.38. The van der Waals surface area contributed by atoms with Crippen molar-refractivity contribution in [2.24, 2.45) is 12.0 Å². The predicted molar refractivity (Wildman–Crippen MR) is 112 cm³/mol. The van der Waals surface area contributed by atoms with E-state index in [-0.39, 0.29) is 6.54 Å². The third-order valence-electron chi connectivity index (χ3n) is 4.34. The Balaban J connectivity index is 1.68. The lowest BCUT2D eigenvalue weighted by atomic mass is 10.0. The third kappa shape index (κ3) is 7.70. The number of unbranched alkanes of at least 4 members (excludes halogenated alkanes) is 1. The van der Waals surface area contributed by atoms with Crippen molar-refractivity contribution in [1.29, 1.82) is 0 Å². The zero-order valence-electron chi connectivity index (χ0n) is 17.2. The number of aromatic nitrogens is 2. The van der Waals surface area contributed by atoms with Crippen molar-refractivity contribution in [2.45, 2.75) is 38.9 Å². The van der Waals surface area contributed by atoms with Crippen LogP contribution in [0, 0.1) is 0 Å². The van der Waals surface area contributed by atoms with Crippen LogP contribution < -0.4 is 10.6 Å². The summed E-state index contributed by atoms with van der Waals surface area (Å²) in [6, 6.07) is 10.2. The Kier molecular flexibility index (Phi) is 8.97. The van der Waals surface area contributed by atoms with Gasteiger partial charge in [-0.05, 0) is 32.3 Å². The van der Waals surface area contributed by atoms with Crippen LogP contribution in [-0.4, -0.2) is 47.1 Å². The van der Waals surface area contributed by atoms with Gasteiger partial charge in [0.2, 0.25) is 0 Å². The molecule has 0 amide bonds. The second-order valence-electron chi connectivity index (χ2n) is 7.04. The van der Waals surface area contributed by atoms with Gasteiger partial charge >= 0.3 is 0 Å². The van der Waals surface area contributed by atoms with Crippen molar-refractivity contribution in [3.05, 3.63) is 53.9 Å². The Morgan fingerprint density at radius 2 is 2.04 bits per heavy atom. The van der Waals surface area contributed by atoms with Gasteiger partial charge in [0.25, 0.3) is 0 Å². The topological polar surface area (TPSA) is 83.7 Å². The van der Waals surface area contributed by atoms with Crippen molar-refractivity contribution in [2.75, 3.05) is 26.2 Å². The molecule has 1 atom stereocenters. The SMILES string of the molecule is CCNC(=NCC(C)(O)c1cnn(C)c1)NCCCCOCc1ccccc1. The molecule has 2 aromatic rings. The van der Waals surface area contributed by atoms with Crippen LogP contribution in [0.3, 0.4) is 0 Å². The number of rotatable bonds is 11. The summed E-state index contributed by atoms with van der Waals surface area (Å²) in [6.07, 6.45) is 5.45. The molecule has 0 fully saturated rings. The van der Waals surface area contributed by atoms with Gasteiger partial charge in [0.1, 0.15) is 5.60 Å². The highest BCUT2D eigenvalue weighted by atomic mass is 16.5. The number of benzene rings is 1. The van der Waals surface area contributed by atoms with Gasteiger partial charge in [0, 0.05) is 38.5 Å². The molecule has 0 aliphatic carbocycles. The van der Waals surface area contributed by atoms with Crippen LogP contribution in [0.1, 0.15) is 37.8 Å². The number of aliphatic hydroxyl groups is 1. The van der Waals surface area contributed by atoms with Crippen LogP contribution in [0.5, 0.6) is 0 Å². The maximum atomic E-state index is 10.6. The molecule has 1 unspecified atom stereocenters. The number of nitrogens with one attached hydrogen (secondary N) is 2. The van der Waals surface area contributed by atoms with E-state index >= 15 is 0 Å². The fraction of sp³-hybridized carbons (Fsp3) is 0.524. The van der Waals surface area contributed by atoms with Gasteiger partial charge in [-0.3, -0.25) is 4.68 Å². The third-order valence-corrected chi connectivity index (χ3v) is 4.34. The van der Waals surface area contributed by atoms with Crippen molar-refractivity contribution in [1.82, 2.24) is 20.4 Å². The van der Waals surface area contributed by atoms with Crippen molar-refractivity contribution in [3.8, 4) is 0 Å². The summed E-state index contributed by atoms with van der Waals surface area (Å²) in [4.78, 5) is 4.52. The van der Waals surface area contributed by atoms with Gasteiger partial charge in [-0.25, -0.2) is 4.99 Å². The van der Waals surface area contributed by atoms with Gasteiger partial charge in [0.05, 0.1) is 19.3 Å². The van der Waals surface area contributed by atoms with Gasteiger partial charge < -0.3 is 20.5 Å². The Morgan fingerprint density at radius 1 is 1.25 bits per heavy atom. The summed E-state index contributed by atoms with van der Waals surface area (Å²) in [7, 11) is 1.83. The van der Waals surface area contributed by atoms with Crippen LogP contribution in [0.4, 0.5) is 0 Å². The highest BCUT2D eigenvalue weighted by Crippen LogP contribution is 2.19. The lowest BCUT2D eigenvalue weighted by Gasteiger charge is -2.20. The average Bonchev–Trinajstić information content (AvgIpc) is 3.13. The second-order valence-corrected chi connectivity index (χ2v) is 7.04. The Hall–Kier alpha value is -2.38. The van der Waals surface area contributed by atoms with E-state index in [9.17, 15) is 5.11 Å². The fourth-order valence-electron chi connectivity index (χ4n) is 2.67. The molecule has 0 saturated heterocycles. The van der Waals surface area contributed by atoms with Crippen LogP contribution in [0.25, 0.3) is 0 Å². The Labute approximate surface area is 167 Å². The zero-order chi connectivity index (χ0) is 20.2. The number of hydrogen-bond acceptors (Lipinski definition) is 4. The molecule has 0 aliphatic rings. The van der Waals surface area contributed by atoms with E-state index < -0.39 is 5.60 Å². The minimum Gasteiger partial charge on any atom is -0.383 e. The summed E-state index contributed by atoms with van der Waals surface area (Å²) >= 11 is 0. The van der Waals surface area contributed by atoms with Crippen LogP contribution in [-0.2, 0) is 24.0 Å². The van der Waals surface area contributed by atoms with Crippen LogP contribution in [0.15, 0.2) is 47.7 Å². The number of aryl methyl sites for hydroxylation is 1. The molecule has 154 valence electrons. The van der Waals surface area contributed by atoms with Gasteiger partial charge in [-0.1, -0.05) is 30.3 Å². The molecule has 2 rings (SSSR count). The molecular formula is C21H33N5O2. The predicted octanol–water partition coefficient (Wildman–Crippen LogP) is 2.18. The molecule has 1 aromatic heterocycles. The Bertz CT molecular complexity index is 713. The van der Waals surface area contributed by atoms with Crippen LogP contribution in [0.2, 0.25) is 0 Å². The van der Waals surface area contributed by atoms with Crippen molar-refractivity contribution < 1.29 is 9.84 Å². The standard InChI is InChI=1S/C21H33N5O2/c1-4-22-20(24-17-21(2,27)19-14-25-26(3)15-19)23-12-8-9-13-28-16-18-10-6-5-7-11-18/h5-7,10-11,14-15,27H,4,8-9,12-13,16-17H2,1-3H3,(H2,22,23,24). The molecule has 28 heavy (non-hydrogen) atoms. The second kappa shape index (κ2) is 11.5. The molecule has 0 aliphatic heterocycles. The van der Waals surface area contributed by atoms with Gasteiger partial charge in [-0.2, -0.15) is 5.10 Å². The summed E-state index contributed by atoms with van der Waals surface area (Å²) in [5.74, 6) is 0.705. The quantitative estimate of drug-likeness (QED) is 0.313. The maximum Gasteiger partial charge on any atom is 0.191 e. The maximum absolute atomic E-state index is 10.6. The van der Waals surface area contributed by atoms with Gasteiger partial charge in [-0.15, -0.1) is 0 Å². The number of guanidine groups is 1. The van der Waals surface area contributed by atoms with E-state index in [2.05, 4.69) is 32.9 Å². The lowest BCUT2D eigenvalue weighted by molar-refractivity contribution is 0.0672. The van der Waals surface area contributed by atoms with Gasteiger partial charge in [0.15, 0.2) is 5.96 Å². The van der Waals surface area contributed by atoms with Crippen molar-refractivity contribution >= 4 is 5.96 Å². The first-order valence-corrected chi connectivity index (χ1v) is 9.86. The lowest BCUT2D eigenvalue weighted by Crippen LogP contribution is -2.39. The largest absolute Gasteiger partial charge is 0.383 e. The fourth-order valence-corrected chi connectivity index (χ4v) is 2.67. The molecule has 0 radical (unpaired) electrons. The first kappa shape index (κ1) is 21.9. The highest BCUT2D eigenvalue weighted by molar-refractivity contribution is 5.79. The van der Waals surface area contributed by atoms with E-state index in [1.165, 1.54) is 5.56 Å².